The van der Waals surface area contributed by atoms with E-state index < -0.39 is 5.82 Å². The summed E-state index contributed by atoms with van der Waals surface area (Å²) in [5, 5.41) is 0. The summed E-state index contributed by atoms with van der Waals surface area (Å²) in [6.07, 6.45) is 0. The van der Waals surface area contributed by atoms with Crippen molar-refractivity contribution in [2.45, 2.75) is 13.8 Å². The highest BCUT2D eigenvalue weighted by Gasteiger charge is 2.36. The van der Waals surface area contributed by atoms with E-state index in [0.717, 1.165) is 0 Å². The van der Waals surface area contributed by atoms with Crippen LogP contribution in [0.15, 0.2) is 18.2 Å². The Balaban J connectivity index is 2.39. The zero-order valence-electron chi connectivity index (χ0n) is 10.9. The number of hydrogen-bond donors (Lipinski definition) is 1. The van der Waals surface area contributed by atoms with Crippen LogP contribution in [0.5, 0.6) is 0 Å². The van der Waals surface area contributed by atoms with Crippen molar-refractivity contribution in [3.63, 3.8) is 0 Å². The minimum absolute atomic E-state index is 0.0729. The van der Waals surface area contributed by atoms with Gasteiger partial charge in [0, 0.05) is 31.2 Å². The molecule has 0 radical (unpaired) electrons. The van der Waals surface area contributed by atoms with Gasteiger partial charge in [-0.1, -0.05) is 13.8 Å². The summed E-state index contributed by atoms with van der Waals surface area (Å²) < 4.78 is 13.9. The van der Waals surface area contributed by atoms with Crippen molar-refractivity contribution in [2.75, 3.05) is 30.8 Å². The van der Waals surface area contributed by atoms with Crippen molar-refractivity contribution in [1.29, 1.82) is 0 Å². The molecule has 0 aliphatic carbocycles. The number of nitrogen functional groups attached to an aromatic ring is 1. The molecule has 2 N–H and O–H groups in total. The molecule has 0 bridgehead atoms. The highest BCUT2D eigenvalue weighted by molar-refractivity contribution is 5.93. The van der Waals surface area contributed by atoms with Gasteiger partial charge in [0.25, 0.3) is 0 Å². The van der Waals surface area contributed by atoms with Crippen LogP contribution in [0.1, 0.15) is 13.8 Å². The first-order chi connectivity index (χ1) is 8.30. The van der Waals surface area contributed by atoms with Gasteiger partial charge in [0.1, 0.15) is 5.82 Å². The Morgan fingerprint density at radius 2 is 2.00 bits per heavy atom. The lowest BCUT2D eigenvalue weighted by Crippen LogP contribution is -2.55. The number of carbonyl (C=O) groups excluding carboxylic acids is 1. The Hall–Kier alpha value is -1.78. The van der Waals surface area contributed by atoms with Gasteiger partial charge in [0.2, 0.25) is 0 Å². The van der Waals surface area contributed by atoms with E-state index >= 15 is 0 Å². The number of rotatable bonds is 1. The largest absolute Gasteiger partial charge is 0.399 e. The minimum Gasteiger partial charge on any atom is -0.399 e. The third-order valence-electron chi connectivity index (χ3n) is 3.07. The quantitative estimate of drug-likeness (QED) is 0.779. The average molecular weight is 251 g/mol. The van der Waals surface area contributed by atoms with Crippen LogP contribution >= 0.6 is 0 Å². The van der Waals surface area contributed by atoms with Crippen LogP contribution in [-0.2, 0) is 0 Å². The second-order valence-electron chi connectivity index (χ2n) is 5.60. The van der Waals surface area contributed by atoms with Gasteiger partial charge in [-0.25, -0.2) is 9.18 Å². The van der Waals surface area contributed by atoms with E-state index in [2.05, 4.69) is 13.8 Å². The Labute approximate surface area is 106 Å². The maximum absolute atomic E-state index is 13.9. The summed E-state index contributed by atoms with van der Waals surface area (Å²) in [5.74, 6) is -0.463. The van der Waals surface area contributed by atoms with Crippen LogP contribution in [0.2, 0.25) is 0 Å². The van der Waals surface area contributed by atoms with Crippen molar-refractivity contribution in [3.05, 3.63) is 24.0 Å². The van der Waals surface area contributed by atoms with E-state index in [0.29, 0.717) is 18.8 Å². The van der Waals surface area contributed by atoms with Crippen LogP contribution in [0.4, 0.5) is 20.6 Å². The first-order valence-corrected chi connectivity index (χ1v) is 5.88. The average Bonchev–Trinajstić information content (AvgIpc) is 2.23. The Kier molecular flexibility index (Phi) is 2.92. The van der Waals surface area contributed by atoms with E-state index in [4.69, 9.17) is 5.73 Å². The van der Waals surface area contributed by atoms with E-state index in [1.54, 1.807) is 24.1 Å². The molecule has 4 nitrogen and oxygen atoms in total. The molecule has 2 rings (SSSR count). The lowest BCUT2D eigenvalue weighted by molar-refractivity contribution is 0.166. The summed E-state index contributed by atoms with van der Waals surface area (Å²) in [6.45, 7) is 5.27. The third kappa shape index (κ3) is 2.25. The second-order valence-corrected chi connectivity index (χ2v) is 5.60. The SMILES string of the molecule is CN1CC(C)(C)CN(c2ccc(N)cc2F)C1=O. The first-order valence-electron chi connectivity index (χ1n) is 5.88. The zero-order chi connectivity index (χ0) is 13.5. The van der Waals surface area contributed by atoms with Gasteiger partial charge in [0.05, 0.1) is 5.69 Å². The van der Waals surface area contributed by atoms with Crippen LogP contribution in [0.3, 0.4) is 0 Å². The van der Waals surface area contributed by atoms with Gasteiger partial charge in [-0.05, 0) is 18.2 Å². The Morgan fingerprint density at radius 3 is 2.61 bits per heavy atom. The summed E-state index contributed by atoms with van der Waals surface area (Å²) >= 11 is 0. The first kappa shape index (κ1) is 12.7. The summed E-state index contributed by atoms with van der Waals surface area (Å²) in [6, 6.07) is 4.22. The number of benzene rings is 1. The summed E-state index contributed by atoms with van der Waals surface area (Å²) in [5.41, 5.74) is 6.09. The van der Waals surface area contributed by atoms with Gasteiger partial charge < -0.3 is 10.6 Å². The molecule has 1 aromatic carbocycles. The monoisotopic (exact) mass is 251 g/mol. The molecule has 2 amide bonds. The fourth-order valence-electron chi connectivity index (χ4n) is 2.39. The highest BCUT2D eigenvalue weighted by Crippen LogP contribution is 2.30. The molecule has 1 aliphatic rings. The summed E-state index contributed by atoms with van der Waals surface area (Å²) in [7, 11) is 1.73. The van der Waals surface area contributed by atoms with Gasteiger partial charge in [0.15, 0.2) is 0 Å². The molecule has 5 heteroatoms. The number of hydrogen-bond acceptors (Lipinski definition) is 2. The fourth-order valence-corrected chi connectivity index (χ4v) is 2.39. The lowest BCUT2D eigenvalue weighted by atomic mass is 9.90. The third-order valence-corrected chi connectivity index (χ3v) is 3.07. The van der Waals surface area contributed by atoms with Crippen LogP contribution in [-0.4, -0.2) is 31.1 Å². The molecule has 98 valence electrons. The number of carbonyl (C=O) groups is 1. The van der Waals surface area contributed by atoms with Crippen molar-refractivity contribution in [1.82, 2.24) is 4.90 Å². The molecule has 0 atom stereocenters. The lowest BCUT2D eigenvalue weighted by Gasteiger charge is -2.42. The molecular weight excluding hydrogens is 233 g/mol. The topological polar surface area (TPSA) is 49.6 Å². The van der Waals surface area contributed by atoms with Crippen molar-refractivity contribution in [2.24, 2.45) is 5.41 Å². The minimum atomic E-state index is -0.463. The molecule has 1 aromatic rings. The number of nitrogens with zero attached hydrogens (tertiary/aromatic N) is 2. The molecular formula is C13H18FN3O. The molecule has 1 heterocycles. The van der Waals surface area contributed by atoms with E-state index in [-0.39, 0.29) is 17.1 Å². The number of halogens is 1. The van der Waals surface area contributed by atoms with Crippen LogP contribution in [0.25, 0.3) is 0 Å². The molecule has 0 aromatic heterocycles. The smallest absolute Gasteiger partial charge is 0.324 e. The predicted octanol–water partition coefficient (Wildman–Crippen LogP) is 2.31. The normalized spacial score (nSPS) is 19.2. The number of anilines is 2. The van der Waals surface area contributed by atoms with Gasteiger partial charge in [-0.2, -0.15) is 0 Å². The van der Waals surface area contributed by atoms with Crippen molar-refractivity contribution < 1.29 is 9.18 Å². The predicted molar refractivity (Wildman–Crippen MR) is 70.0 cm³/mol. The molecule has 18 heavy (non-hydrogen) atoms. The fraction of sp³-hybridized carbons (Fsp3) is 0.462. The van der Waals surface area contributed by atoms with Gasteiger partial charge >= 0.3 is 6.03 Å². The molecule has 0 unspecified atom stereocenters. The maximum Gasteiger partial charge on any atom is 0.324 e. The van der Waals surface area contributed by atoms with E-state index in [1.807, 2.05) is 0 Å². The number of amides is 2. The molecule has 1 aliphatic heterocycles. The highest BCUT2D eigenvalue weighted by atomic mass is 19.1. The van der Waals surface area contributed by atoms with Crippen molar-refractivity contribution in [3.8, 4) is 0 Å². The second kappa shape index (κ2) is 4.15. The Morgan fingerprint density at radius 1 is 1.33 bits per heavy atom. The molecule has 1 fully saturated rings. The standard InChI is InChI=1S/C13H18FN3O/c1-13(2)7-16(3)12(18)17(8-13)11-5-4-9(15)6-10(11)14/h4-6H,7-8,15H2,1-3H3. The number of urea groups is 1. The van der Waals surface area contributed by atoms with Crippen LogP contribution in [0, 0.1) is 11.2 Å². The maximum atomic E-state index is 13.9. The molecule has 0 spiro atoms. The zero-order valence-corrected chi connectivity index (χ0v) is 10.9. The Bertz CT molecular complexity index is 487. The van der Waals surface area contributed by atoms with Crippen molar-refractivity contribution >= 4 is 17.4 Å². The van der Waals surface area contributed by atoms with E-state index in [9.17, 15) is 9.18 Å². The summed E-state index contributed by atoms with van der Waals surface area (Å²) in [4.78, 5) is 15.2. The molecule has 1 saturated heterocycles. The van der Waals surface area contributed by atoms with Crippen LogP contribution < -0.4 is 10.6 Å². The van der Waals surface area contributed by atoms with Gasteiger partial charge in [-0.3, -0.25) is 4.90 Å². The molecule has 0 saturated carbocycles. The number of nitrogens with two attached hydrogens (primary N) is 1. The van der Waals surface area contributed by atoms with Gasteiger partial charge in [-0.15, -0.1) is 0 Å². The van der Waals surface area contributed by atoms with E-state index in [1.165, 1.54) is 11.0 Å².